The van der Waals surface area contributed by atoms with E-state index in [2.05, 4.69) is 0 Å². The highest BCUT2D eigenvalue weighted by Gasteiger charge is 2.23. The van der Waals surface area contributed by atoms with Crippen LogP contribution in [0.4, 0.5) is 4.39 Å². The number of rotatable bonds is 2. The van der Waals surface area contributed by atoms with E-state index in [1.807, 2.05) is 6.07 Å². The molecule has 1 unspecified atom stereocenters. The number of carbonyl (C=O) groups is 1. The molecule has 1 aromatic carbocycles. The molecule has 0 bridgehead atoms. The summed E-state index contributed by atoms with van der Waals surface area (Å²) in [4.78, 5) is 11.4. The second kappa shape index (κ2) is 4.87. The van der Waals surface area contributed by atoms with Gasteiger partial charge in [-0.3, -0.25) is 4.79 Å². The van der Waals surface area contributed by atoms with Crippen molar-refractivity contribution in [2.45, 2.75) is 30.1 Å². The van der Waals surface area contributed by atoms with Gasteiger partial charge in [0, 0.05) is 4.90 Å². The molecule has 0 saturated heterocycles. The van der Waals surface area contributed by atoms with Crippen LogP contribution in [0.1, 0.15) is 30.7 Å². The van der Waals surface area contributed by atoms with E-state index in [9.17, 15) is 9.18 Å². The minimum absolute atomic E-state index is 0.0433. The zero-order valence-corrected chi connectivity index (χ0v) is 9.60. The molecule has 0 aliphatic carbocycles. The topological polar surface area (TPSA) is 37.3 Å². The van der Waals surface area contributed by atoms with Gasteiger partial charge in [-0.1, -0.05) is 12.1 Å². The normalized spacial score (nSPS) is 19.9. The van der Waals surface area contributed by atoms with Crippen molar-refractivity contribution < 1.29 is 14.3 Å². The average Bonchev–Trinajstić information content (AvgIpc) is 2.42. The summed E-state index contributed by atoms with van der Waals surface area (Å²) in [7, 11) is 0. The fraction of sp³-hybridized carbons (Fsp3) is 0.417. The van der Waals surface area contributed by atoms with Crippen molar-refractivity contribution in [1.82, 2.24) is 0 Å². The smallest absolute Gasteiger partial charge is 0.303 e. The first-order valence-corrected chi connectivity index (χ1v) is 6.30. The van der Waals surface area contributed by atoms with E-state index in [1.54, 1.807) is 6.07 Å². The van der Waals surface area contributed by atoms with Crippen LogP contribution in [0.25, 0.3) is 0 Å². The van der Waals surface area contributed by atoms with E-state index in [-0.39, 0.29) is 18.2 Å². The molecule has 2 rings (SSSR count). The molecule has 0 aromatic heterocycles. The van der Waals surface area contributed by atoms with Gasteiger partial charge in [0.1, 0.15) is 5.82 Å². The molecule has 4 heteroatoms. The number of carboxylic acids is 1. The summed E-state index contributed by atoms with van der Waals surface area (Å²) >= 11 is 1.50. The summed E-state index contributed by atoms with van der Waals surface area (Å²) < 4.78 is 13.6. The molecule has 1 aromatic rings. The standard InChI is InChI=1S/C12H13FO2S/c13-10-5-1-4-9-8(7-11(14)15)3-2-6-16-12(9)10/h1,4-5,8H,2-3,6-7H2,(H,14,15). The highest BCUT2D eigenvalue weighted by Crippen LogP contribution is 2.38. The van der Waals surface area contributed by atoms with E-state index in [0.717, 1.165) is 24.2 Å². The van der Waals surface area contributed by atoms with Crippen LogP contribution in [0.2, 0.25) is 0 Å². The summed E-state index contributed by atoms with van der Waals surface area (Å²) in [5, 5.41) is 8.85. The lowest BCUT2D eigenvalue weighted by Gasteiger charge is -2.15. The van der Waals surface area contributed by atoms with Crippen molar-refractivity contribution in [1.29, 1.82) is 0 Å². The maximum Gasteiger partial charge on any atom is 0.303 e. The average molecular weight is 240 g/mol. The van der Waals surface area contributed by atoms with Gasteiger partial charge < -0.3 is 5.11 Å². The van der Waals surface area contributed by atoms with Crippen LogP contribution in [0.3, 0.4) is 0 Å². The molecule has 0 amide bonds. The van der Waals surface area contributed by atoms with Crippen LogP contribution in [0.15, 0.2) is 23.1 Å². The Kier molecular flexibility index (Phi) is 3.49. The first-order chi connectivity index (χ1) is 7.68. The lowest BCUT2D eigenvalue weighted by atomic mass is 9.91. The molecule has 1 aliphatic heterocycles. The Morgan fingerprint density at radius 1 is 1.56 bits per heavy atom. The number of aliphatic carboxylic acids is 1. The number of hydrogen-bond donors (Lipinski definition) is 1. The molecule has 86 valence electrons. The third-order valence-corrected chi connectivity index (χ3v) is 4.01. The molecule has 2 nitrogen and oxygen atoms in total. The first-order valence-electron chi connectivity index (χ1n) is 5.31. The molecular formula is C12H13FO2S. The van der Waals surface area contributed by atoms with Crippen molar-refractivity contribution in [3.63, 3.8) is 0 Å². The van der Waals surface area contributed by atoms with Gasteiger partial charge in [-0.15, -0.1) is 11.8 Å². The maximum absolute atomic E-state index is 13.6. The van der Waals surface area contributed by atoms with E-state index < -0.39 is 5.97 Å². The Bertz CT molecular complexity index is 406. The van der Waals surface area contributed by atoms with Gasteiger partial charge in [0.25, 0.3) is 0 Å². The second-order valence-corrected chi connectivity index (χ2v) is 5.05. The lowest BCUT2D eigenvalue weighted by molar-refractivity contribution is -0.137. The van der Waals surface area contributed by atoms with E-state index in [0.29, 0.717) is 4.90 Å². The number of halogens is 1. The Balaban J connectivity index is 2.36. The van der Waals surface area contributed by atoms with Crippen molar-refractivity contribution >= 4 is 17.7 Å². The molecule has 0 fully saturated rings. The summed E-state index contributed by atoms with van der Waals surface area (Å²) in [6.45, 7) is 0. The molecule has 0 spiro atoms. The van der Waals surface area contributed by atoms with Gasteiger partial charge in [0.05, 0.1) is 6.42 Å². The number of benzene rings is 1. The minimum Gasteiger partial charge on any atom is -0.481 e. The molecule has 0 radical (unpaired) electrons. The van der Waals surface area contributed by atoms with Crippen molar-refractivity contribution in [3.8, 4) is 0 Å². The quantitative estimate of drug-likeness (QED) is 0.862. The van der Waals surface area contributed by atoms with Crippen LogP contribution in [0.5, 0.6) is 0 Å². The third kappa shape index (κ3) is 2.38. The number of carboxylic acid groups (broad SMARTS) is 1. The number of fused-ring (bicyclic) bond motifs is 1. The van der Waals surface area contributed by atoms with Gasteiger partial charge in [-0.2, -0.15) is 0 Å². The van der Waals surface area contributed by atoms with E-state index in [4.69, 9.17) is 5.11 Å². The van der Waals surface area contributed by atoms with Gasteiger partial charge in [-0.25, -0.2) is 4.39 Å². The zero-order valence-electron chi connectivity index (χ0n) is 8.78. The highest BCUT2D eigenvalue weighted by atomic mass is 32.2. The van der Waals surface area contributed by atoms with Crippen molar-refractivity contribution in [2.24, 2.45) is 0 Å². The zero-order chi connectivity index (χ0) is 11.5. The van der Waals surface area contributed by atoms with Crippen LogP contribution in [-0.2, 0) is 4.79 Å². The Hall–Kier alpha value is -1.03. The molecule has 1 heterocycles. The number of thioether (sulfide) groups is 1. The van der Waals surface area contributed by atoms with E-state index >= 15 is 0 Å². The molecular weight excluding hydrogens is 227 g/mol. The lowest BCUT2D eigenvalue weighted by Crippen LogP contribution is -2.07. The summed E-state index contributed by atoms with van der Waals surface area (Å²) in [6.07, 6.45) is 1.86. The largest absolute Gasteiger partial charge is 0.481 e. The maximum atomic E-state index is 13.6. The van der Waals surface area contributed by atoms with Crippen LogP contribution >= 0.6 is 11.8 Å². The van der Waals surface area contributed by atoms with Crippen LogP contribution in [0, 0.1) is 5.82 Å². The van der Waals surface area contributed by atoms with Crippen LogP contribution < -0.4 is 0 Å². The monoisotopic (exact) mass is 240 g/mol. The third-order valence-electron chi connectivity index (χ3n) is 2.80. The van der Waals surface area contributed by atoms with Crippen molar-refractivity contribution in [3.05, 3.63) is 29.6 Å². The SMILES string of the molecule is O=C(O)CC1CCCSc2c(F)cccc21. The van der Waals surface area contributed by atoms with E-state index in [1.165, 1.54) is 17.8 Å². The fourth-order valence-corrected chi connectivity index (χ4v) is 3.20. The fourth-order valence-electron chi connectivity index (χ4n) is 2.08. The highest BCUT2D eigenvalue weighted by molar-refractivity contribution is 7.99. The van der Waals surface area contributed by atoms with Gasteiger partial charge in [0.2, 0.25) is 0 Å². The van der Waals surface area contributed by atoms with Gasteiger partial charge in [0.15, 0.2) is 0 Å². The summed E-state index contributed by atoms with van der Waals surface area (Å²) in [5.41, 5.74) is 0.866. The Labute approximate surface area is 97.9 Å². The Morgan fingerprint density at radius 3 is 3.12 bits per heavy atom. The second-order valence-electron chi connectivity index (χ2n) is 3.94. The molecule has 1 atom stereocenters. The van der Waals surface area contributed by atoms with Gasteiger partial charge >= 0.3 is 5.97 Å². The first kappa shape index (κ1) is 11.5. The molecule has 0 saturated carbocycles. The Morgan fingerprint density at radius 2 is 2.38 bits per heavy atom. The molecule has 16 heavy (non-hydrogen) atoms. The predicted octanol–water partition coefficient (Wildman–Crippen LogP) is 3.27. The number of hydrogen-bond acceptors (Lipinski definition) is 2. The van der Waals surface area contributed by atoms with Crippen LogP contribution in [-0.4, -0.2) is 16.8 Å². The minimum atomic E-state index is -0.813. The summed E-state index contributed by atoms with van der Waals surface area (Å²) in [6, 6.07) is 4.95. The summed E-state index contributed by atoms with van der Waals surface area (Å²) in [5.74, 6) is -0.213. The molecule has 1 aliphatic rings. The van der Waals surface area contributed by atoms with Gasteiger partial charge in [-0.05, 0) is 36.1 Å². The molecule has 1 N–H and O–H groups in total. The predicted molar refractivity (Wildman–Crippen MR) is 61.4 cm³/mol. The van der Waals surface area contributed by atoms with Crippen molar-refractivity contribution in [2.75, 3.05) is 5.75 Å².